The summed E-state index contributed by atoms with van der Waals surface area (Å²) >= 11 is 0. The zero-order valence-electron chi connectivity index (χ0n) is 16.6. The molecule has 0 unspecified atom stereocenters. The van der Waals surface area contributed by atoms with Crippen LogP contribution in [0.15, 0.2) is 65.6 Å². The second kappa shape index (κ2) is 7.39. The van der Waals surface area contributed by atoms with Gasteiger partial charge in [-0.2, -0.15) is 0 Å². The largest absolute Gasteiger partial charge is 0.324 e. The number of carbonyl (C=O) groups is 1. The number of aromatic nitrogens is 3. The van der Waals surface area contributed by atoms with Gasteiger partial charge in [-0.25, -0.2) is 9.67 Å². The summed E-state index contributed by atoms with van der Waals surface area (Å²) in [6, 6.07) is 16.9. The van der Waals surface area contributed by atoms with Crippen molar-refractivity contribution in [1.82, 2.24) is 14.3 Å². The van der Waals surface area contributed by atoms with Crippen LogP contribution in [0.1, 0.15) is 16.7 Å². The predicted molar refractivity (Wildman–Crippen MR) is 115 cm³/mol. The predicted octanol–water partition coefficient (Wildman–Crippen LogP) is 3.75. The normalized spacial score (nSPS) is 11.0. The number of rotatable bonds is 4. The third-order valence-electron chi connectivity index (χ3n) is 5.03. The molecule has 0 fully saturated rings. The SMILES string of the molecule is Cc1cccc(NC(=O)Cn2c3ncccc3c(=O)n2-c2ccc(C)c(C)c2)c1. The summed E-state index contributed by atoms with van der Waals surface area (Å²) in [6.07, 6.45) is 1.63. The van der Waals surface area contributed by atoms with E-state index in [0.717, 1.165) is 22.4 Å². The third kappa shape index (κ3) is 3.57. The summed E-state index contributed by atoms with van der Waals surface area (Å²) in [6.45, 7) is 5.96. The van der Waals surface area contributed by atoms with E-state index in [4.69, 9.17) is 0 Å². The maximum absolute atomic E-state index is 13.1. The number of amides is 1. The Labute approximate surface area is 168 Å². The minimum Gasteiger partial charge on any atom is -0.324 e. The number of hydrogen-bond acceptors (Lipinski definition) is 3. The van der Waals surface area contributed by atoms with Crippen molar-refractivity contribution in [3.05, 3.63) is 87.8 Å². The van der Waals surface area contributed by atoms with Crippen LogP contribution in [-0.4, -0.2) is 20.3 Å². The van der Waals surface area contributed by atoms with E-state index in [1.54, 1.807) is 23.0 Å². The van der Waals surface area contributed by atoms with Crippen LogP contribution in [0.4, 0.5) is 5.69 Å². The van der Waals surface area contributed by atoms with Gasteiger partial charge in [-0.3, -0.25) is 14.3 Å². The topological polar surface area (TPSA) is 68.9 Å². The monoisotopic (exact) mass is 386 g/mol. The quantitative estimate of drug-likeness (QED) is 0.581. The maximum Gasteiger partial charge on any atom is 0.280 e. The molecular weight excluding hydrogens is 364 g/mol. The summed E-state index contributed by atoms with van der Waals surface area (Å²) in [7, 11) is 0. The van der Waals surface area contributed by atoms with E-state index in [-0.39, 0.29) is 18.0 Å². The molecule has 1 N–H and O–H groups in total. The minimum absolute atomic E-state index is 0.0311. The zero-order chi connectivity index (χ0) is 20.5. The first-order valence-electron chi connectivity index (χ1n) is 9.45. The fourth-order valence-corrected chi connectivity index (χ4v) is 3.41. The van der Waals surface area contributed by atoms with E-state index in [1.165, 1.54) is 4.68 Å². The maximum atomic E-state index is 13.1. The molecule has 0 saturated heterocycles. The summed E-state index contributed by atoms with van der Waals surface area (Å²) < 4.78 is 3.16. The molecule has 29 heavy (non-hydrogen) atoms. The molecule has 2 aromatic heterocycles. The lowest BCUT2D eigenvalue weighted by atomic mass is 10.1. The van der Waals surface area contributed by atoms with Crippen molar-refractivity contribution < 1.29 is 4.79 Å². The van der Waals surface area contributed by atoms with Gasteiger partial charge in [0, 0.05) is 11.9 Å². The van der Waals surface area contributed by atoms with Gasteiger partial charge in [-0.1, -0.05) is 18.2 Å². The van der Waals surface area contributed by atoms with Crippen molar-refractivity contribution in [2.24, 2.45) is 0 Å². The van der Waals surface area contributed by atoms with Crippen molar-refractivity contribution in [3.8, 4) is 5.69 Å². The van der Waals surface area contributed by atoms with Crippen LogP contribution in [0.5, 0.6) is 0 Å². The second-order valence-corrected chi connectivity index (χ2v) is 7.24. The van der Waals surface area contributed by atoms with Gasteiger partial charge in [0.2, 0.25) is 5.91 Å². The van der Waals surface area contributed by atoms with Gasteiger partial charge < -0.3 is 5.32 Å². The lowest BCUT2D eigenvalue weighted by Crippen LogP contribution is -2.27. The number of aryl methyl sites for hydroxylation is 3. The summed E-state index contributed by atoms with van der Waals surface area (Å²) in [5.41, 5.74) is 4.99. The molecule has 0 saturated carbocycles. The van der Waals surface area contributed by atoms with Crippen molar-refractivity contribution in [3.63, 3.8) is 0 Å². The number of anilines is 1. The highest BCUT2D eigenvalue weighted by atomic mass is 16.2. The standard InChI is InChI=1S/C23H22N4O2/c1-15-6-4-7-18(12-15)25-21(28)14-26-22-20(8-5-11-24-22)23(29)27(26)19-10-9-16(2)17(3)13-19/h4-13H,14H2,1-3H3,(H,25,28). The van der Waals surface area contributed by atoms with Crippen LogP contribution in [0, 0.1) is 20.8 Å². The first-order valence-corrected chi connectivity index (χ1v) is 9.45. The molecule has 2 aromatic carbocycles. The Morgan fingerprint density at radius 3 is 2.59 bits per heavy atom. The van der Waals surface area contributed by atoms with Crippen LogP contribution >= 0.6 is 0 Å². The molecule has 146 valence electrons. The number of hydrogen-bond donors (Lipinski definition) is 1. The van der Waals surface area contributed by atoms with Gasteiger partial charge in [-0.05, 0) is 73.9 Å². The van der Waals surface area contributed by atoms with E-state index in [2.05, 4.69) is 10.3 Å². The highest BCUT2D eigenvalue weighted by Gasteiger charge is 2.18. The highest BCUT2D eigenvalue weighted by molar-refractivity contribution is 5.91. The molecule has 0 bridgehead atoms. The number of nitrogens with zero attached hydrogens (tertiary/aromatic N) is 3. The van der Waals surface area contributed by atoms with Crippen LogP contribution < -0.4 is 10.9 Å². The number of pyridine rings is 1. The minimum atomic E-state index is -0.226. The lowest BCUT2D eigenvalue weighted by Gasteiger charge is -2.14. The average Bonchev–Trinajstić information content (AvgIpc) is 2.96. The summed E-state index contributed by atoms with van der Waals surface area (Å²) in [4.78, 5) is 30.2. The van der Waals surface area contributed by atoms with Gasteiger partial charge in [0.25, 0.3) is 5.56 Å². The van der Waals surface area contributed by atoms with E-state index in [1.807, 2.05) is 63.2 Å². The Morgan fingerprint density at radius 2 is 1.83 bits per heavy atom. The molecular formula is C23H22N4O2. The van der Waals surface area contributed by atoms with Crippen LogP contribution in [-0.2, 0) is 11.3 Å². The van der Waals surface area contributed by atoms with Crippen LogP contribution in [0.3, 0.4) is 0 Å². The van der Waals surface area contributed by atoms with E-state index in [0.29, 0.717) is 16.7 Å². The second-order valence-electron chi connectivity index (χ2n) is 7.24. The molecule has 2 heterocycles. The van der Waals surface area contributed by atoms with E-state index < -0.39 is 0 Å². The Kier molecular flexibility index (Phi) is 4.76. The average molecular weight is 386 g/mol. The summed E-state index contributed by atoms with van der Waals surface area (Å²) in [5.74, 6) is -0.226. The number of fused-ring (bicyclic) bond motifs is 1. The molecule has 0 atom stereocenters. The molecule has 0 radical (unpaired) electrons. The molecule has 1 amide bonds. The van der Waals surface area contributed by atoms with Crippen molar-refractivity contribution in [2.45, 2.75) is 27.3 Å². The Balaban J connectivity index is 1.79. The first kappa shape index (κ1) is 18.7. The van der Waals surface area contributed by atoms with Gasteiger partial charge in [-0.15, -0.1) is 0 Å². The molecule has 4 aromatic rings. The number of carbonyl (C=O) groups excluding carboxylic acids is 1. The fraction of sp³-hybridized carbons (Fsp3) is 0.174. The molecule has 6 nitrogen and oxygen atoms in total. The van der Waals surface area contributed by atoms with Crippen molar-refractivity contribution in [2.75, 3.05) is 5.32 Å². The zero-order valence-corrected chi connectivity index (χ0v) is 16.6. The molecule has 4 rings (SSSR count). The molecule has 0 aliphatic rings. The van der Waals surface area contributed by atoms with Crippen molar-refractivity contribution in [1.29, 1.82) is 0 Å². The Morgan fingerprint density at radius 1 is 1.00 bits per heavy atom. The van der Waals surface area contributed by atoms with Crippen LogP contribution in [0.25, 0.3) is 16.7 Å². The number of benzene rings is 2. The lowest BCUT2D eigenvalue weighted by molar-refractivity contribution is -0.116. The van der Waals surface area contributed by atoms with Gasteiger partial charge in [0.1, 0.15) is 6.54 Å². The molecule has 0 aliphatic carbocycles. The number of nitrogens with one attached hydrogen (secondary N) is 1. The van der Waals surface area contributed by atoms with E-state index >= 15 is 0 Å². The molecule has 0 spiro atoms. The first-order chi connectivity index (χ1) is 13.9. The van der Waals surface area contributed by atoms with E-state index in [9.17, 15) is 9.59 Å². The Hall–Kier alpha value is -3.67. The highest BCUT2D eigenvalue weighted by Crippen LogP contribution is 2.17. The van der Waals surface area contributed by atoms with Gasteiger partial charge >= 0.3 is 0 Å². The fourth-order valence-electron chi connectivity index (χ4n) is 3.41. The summed E-state index contributed by atoms with van der Waals surface area (Å²) in [5, 5.41) is 3.38. The Bertz CT molecular complexity index is 1280. The van der Waals surface area contributed by atoms with Gasteiger partial charge in [0.05, 0.1) is 11.1 Å². The van der Waals surface area contributed by atoms with Gasteiger partial charge in [0.15, 0.2) is 5.65 Å². The molecule has 0 aliphatic heterocycles. The smallest absolute Gasteiger partial charge is 0.280 e. The van der Waals surface area contributed by atoms with Crippen LogP contribution in [0.2, 0.25) is 0 Å². The third-order valence-corrected chi connectivity index (χ3v) is 5.03. The van der Waals surface area contributed by atoms with Crippen molar-refractivity contribution >= 4 is 22.6 Å². The molecule has 6 heteroatoms.